The van der Waals surface area contributed by atoms with E-state index in [2.05, 4.69) is 35.1 Å². The SMILES string of the molecule is CCCCCCCCC(C1=NC(=S)N=N1)C(CCC)C1=CCCC(OC)C1. The summed E-state index contributed by atoms with van der Waals surface area (Å²) in [5.41, 5.74) is 1.54. The number of amidine groups is 1. The summed E-state index contributed by atoms with van der Waals surface area (Å²) in [7, 11) is 1.84. The summed E-state index contributed by atoms with van der Waals surface area (Å²) in [6, 6.07) is 0. The van der Waals surface area contributed by atoms with Crippen molar-refractivity contribution in [3.63, 3.8) is 0 Å². The summed E-state index contributed by atoms with van der Waals surface area (Å²) in [5.74, 6) is 1.69. The minimum Gasteiger partial charge on any atom is -0.381 e. The van der Waals surface area contributed by atoms with Crippen molar-refractivity contribution >= 4 is 23.2 Å². The van der Waals surface area contributed by atoms with Crippen LogP contribution in [0.25, 0.3) is 0 Å². The van der Waals surface area contributed by atoms with Crippen LogP contribution in [0.1, 0.15) is 90.9 Å². The Bertz CT molecular complexity index is 556. The molecule has 0 bridgehead atoms. The molecule has 4 nitrogen and oxygen atoms in total. The Morgan fingerprint density at radius 1 is 1.04 bits per heavy atom. The number of unbranched alkanes of at least 4 members (excludes halogenated alkanes) is 5. The largest absolute Gasteiger partial charge is 0.381 e. The number of nitrogens with zero attached hydrogens (tertiary/aromatic N) is 3. The summed E-state index contributed by atoms with van der Waals surface area (Å²) < 4.78 is 5.67. The predicted molar refractivity (Wildman–Crippen MR) is 118 cm³/mol. The zero-order chi connectivity index (χ0) is 19.5. The van der Waals surface area contributed by atoms with Gasteiger partial charge < -0.3 is 4.74 Å². The first-order valence-corrected chi connectivity index (χ1v) is 11.4. The van der Waals surface area contributed by atoms with E-state index in [0.29, 0.717) is 23.1 Å². The van der Waals surface area contributed by atoms with Gasteiger partial charge in [0.15, 0.2) is 5.84 Å². The molecule has 2 rings (SSSR count). The molecule has 2 aliphatic rings. The van der Waals surface area contributed by atoms with Crippen LogP contribution >= 0.6 is 12.2 Å². The lowest BCUT2D eigenvalue weighted by Crippen LogP contribution is -2.28. The predicted octanol–water partition coefficient (Wildman–Crippen LogP) is 7.04. The first kappa shape index (κ1) is 22.4. The average molecular weight is 392 g/mol. The van der Waals surface area contributed by atoms with E-state index in [1.54, 1.807) is 5.57 Å². The molecular weight excluding hydrogens is 354 g/mol. The summed E-state index contributed by atoms with van der Waals surface area (Å²) in [4.78, 5) is 4.51. The highest BCUT2D eigenvalue weighted by Gasteiger charge is 2.32. The molecule has 0 fully saturated rings. The molecule has 0 saturated carbocycles. The third kappa shape index (κ3) is 7.19. The molecule has 0 N–H and O–H groups in total. The number of aliphatic imine (C=N–C) groups is 1. The minimum atomic E-state index is 0.335. The molecule has 5 heteroatoms. The van der Waals surface area contributed by atoms with Crippen LogP contribution in [0, 0.1) is 11.8 Å². The van der Waals surface area contributed by atoms with Gasteiger partial charge in [-0.05, 0) is 50.2 Å². The molecule has 0 saturated heterocycles. The maximum atomic E-state index is 5.67. The van der Waals surface area contributed by atoms with Gasteiger partial charge >= 0.3 is 0 Å². The van der Waals surface area contributed by atoms with Crippen LogP contribution in [-0.4, -0.2) is 24.2 Å². The molecular formula is C22H37N3OS. The Kier molecular flexibility index (Phi) is 10.4. The lowest BCUT2D eigenvalue weighted by Gasteiger charge is -2.32. The third-order valence-electron chi connectivity index (χ3n) is 5.90. The van der Waals surface area contributed by atoms with Gasteiger partial charge in [-0.3, -0.25) is 0 Å². The number of hydrogen-bond acceptors (Lipinski definition) is 3. The quantitative estimate of drug-likeness (QED) is 0.192. The van der Waals surface area contributed by atoms with Gasteiger partial charge in [0.1, 0.15) is 0 Å². The summed E-state index contributed by atoms with van der Waals surface area (Å²) in [5, 5.41) is 8.78. The van der Waals surface area contributed by atoms with E-state index in [1.165, 1.54) is 51.4 Å². The summed E-state index contributed by atoms with van der Waals surface area (Å²) in [6.45, 7) is 4.54. The zero-order valence-electron chi connectivity index (χ0n) is 17.5. The van der Waals surface area contributed by atoms with Gasteiger partial charge in [-0.15, -0.1) is 10.2 Å². The average Bonchev–Trinajstić information content (AvgIpc) is 3.12. The topological polar surface area (TPSA) is 46.3 Å². The first-order valence-electron chi connectivity index (χ1n) is 11.0. The van der Waals surface area contributed by atoms with Crippen LogP contribution in [0.2, 0.25) is 0 Å². The van der Waals surface area contributed by atoms with E-state index < -0.39 is 0 Å². The van der Waals surface area contributed by atoms with Crippen molar-refractivity contribution in [3.8, 4) is 0 Å². The minimum absolute atomic E-state index is 0.335. The van der Waals surface area contributed by atoms with E-state index in [-0.39, 0.29) is 0 Å². The van der Waals surface area contributed by atoms with Crippen molar-refractivity contribution in [1.29, 1.82) is 0 Å². The van der Waals surface area contributed by atoms with E-state index in [0.717, 1.165) is 31.5 Å². The van der Waals surface area contributed by atoms with Crippen molar-refractivity contribution in [1.82, 2.24) is 0 Å². The Balaban J connectivity index is 2.08. The van der Waals surface area contributed by atoms with E-state index in [4.69, 9.17) is 17.0 Å². The lowest BCUT2D eigenvalue weighted by molar-refractivity contribution is 0.0885. The summed E-state index contributed by atoms with van der Waals surface area (Å²) in [6.07, 6.45) is 17.4. The van der Waals surface area contributed by atoms with Gasteiger partial charge in [0.2, 0.25) is 5.11 Å². The van der Waals surface area contributed by atoms with Crippen molar-refractivity contribution in [2.24, 2.45) is 27.1 Å². The van der Waals surface area contributed by atoms with Crippen LogP contribution in [0.15, 0.2) is 26.9 Å². The molecule has 1 heterocycles. The third-order valence-corrected chi connectivity index (χ3v) is 6.07. The summed E-state index contributed by atoms with van der Waals surface area (Å²) >= 11 is 5.16. The van der Waals surface area contributed by atoms with Crippen LogP contribution in [-0.2, 0) is 4.74 Å². The van der Waals surface area contributed by atoms with Crippen LogP contribution in [0.4, 0.5) is 0 Å². The molecule has 0 spiro atoms. The van der Waals surface area contributed by atoms with Crippen LogP contribution in [0.5, 0.6) is 0 Å². The van der Waals surface area contributed by atoms with E-state index in [1.807, 2.05) is 7.11 Å². The molecule has 3 atom stereocenters. The fraction of sp³-hybridized carbons (Fsp3) is 0.818. The highest BCUT2D eigenvalue weighted by Crippen LogP contribution is 2.37. The van der Waals surface area contributed by atoms with Crippen molar-refractivity contribution in [2.45, 2.75) is 97.0 Å². The van der Waals surface area contributed by atoms with Gasteiger partial charge in [0, 0.05) is 13.0 Å². The standard InChI is InChI=1S/C22H37N3OS/c1-4-6-7-8-9-10-15-20(21-23-22(27)25-24-21)19(12-5-2)17-13-11-14-18(16-17)26-3/h13,18-20H,4-12,14-16H2,1-3H3. The fourth-order valence-corrected chi connectivity index (χ4v) is 4.55. The number of methoxy groups -OCH3 is 1. The maximum absolute atomic E-state index is 5.67. The van der Waals surface area contributed by atoms with Crippen molar-refractivity contribution in [2.75, 3.05) is 7.11 Å². The van der Waals surface area contributed by atoms with Gasteiger partial charge in [-0.2, -0.15) is 4.99 Å². The number of allylic oxidation sites excluding steroid dienone is 1. The fourth-order valence-electron chi connectivity index (χ4n) is 4.41. The second-order valence-corrected chi connectivity index (χ2v) is 8.29. The Labute approximate surface area is 171 Å². The van der Waals surface area contributed by atoms with Gasteiger partial charge in [0.05, 0.1) is 6.10 Å². The molecule has 0 aromatic carbocycles. The number of rotatable bonds is 13. The lowest BCUT2D eigenvalue weighted by atomic mass is 9.75. The molecule has 27 heavy (non-hydrogen) atoms. The molecule has 3 unspecified atom stereocenters. The van der Waals surface area contributed by atoms with E-state index >= 15 is 0 Å². The normalized spacial score (nSPS) is 21.9. The Morgan fingerprint density at radius 2 is 1.81 bits per heavy atom. The van der Waals surface area contributed by atoms with Crippen molar-refractivity contribution in [3.05, 3.63) is 11.6 Å². The highest BCUT2D eigenvalue weighted by atomic mass is 32.1. The second kappa shape index (κ2) is 12.5. The van der Waals surface area contributed by atoms with Crippen LogP contribution < -0.4 is 0 Å². The number of thiocarbonyl (C=S) groups is 1. The number of azo groups is 1. The molecule has 1 aliphatic carbocycles. The highest BCUT2D eigenvalue weighted by molar-refractivity contribution is 7.80. The maximum Gasteiger partial charge on any atom is 0.241 e. The Hall–Kier alpha value is -0.940. The Morgan fingerprint density at radius 3 is 2.48 bits per heavy atom. The smallest absolute Gasteiger partial charge is 0.241 e. The molecule has 0 aromatic rings. The molecule has 0 aromatic heterocycles. The number of hydrogen-bond donors (Lipinski definition) is 0. The number of ether oxygens (including phenoxy) is 1. The van der Waals surface area contributed by atoms with Gasteiger partial charge in [-0.1, -0.05) is 70.4 Å². The van der Waals surface area contributed by atoms with Crippen LogP contribution in [0.3, 0.4) is 0 Å². The zero-order valence-corrected chi connectivity index (χ0v) is 18.3. The monoisotopic (exact) mass is 391 g/mol. The first-order chi connectivity index (χ1) is 13.2. The van der Waals surface area contributed by atoms with Gasteiger partial charge in [0.25, 0.3) is 0 Å². The molecule has 0 radical (unpaired) electrons. The molecule has 0 amide bonds. The molecule has 152 valence electrons. The van der Waals surface area contributed by atoms with Gasteiger partial charge in [-0.25, -0.2) is 0 Å². The second-order valence-electron chi connectivity index (χ2n) is 7.93. The van der Waals surface area contributed by atoms with E-state index in [9.17, 15) is 0 Å². The van der Waals surface area contributed by atoms with Crippen molar-refractivity contribution < 1.29 is 4.74 Å². The molecule has 1 aliphatic heterocycles.